The van der Waals surface area contributed by atoms with Crippen LogP contribution in [0, 0.1) is 0 Å². The van der Waals surface area contributed by atoms with Crippen molar-refractivity contribution in [2.24, 2.45) is 0 Å². The maximum Gasteiger partial charge on any atom is 0.264 e. The van der Waals surface area contributed by atoms with Gasteiger partial charge in [0.15, 0.2) is 12.4 Å². The maximum atomic E-state index is 12.2. The average Bonchev–Trinajstić information content (AvgIpc) is 2.56. The minimum Gasteiger partial charge on any atom is -0.482 e. The third-order valence-electron chi connectivity index (χ3n) is 3.60. The predicted molar refractivity (Wildman–Crippen MR) is 83.6 cm³/mol. The summed E-state index contributed by atoms with van der Waals surface area (Å²) < 4.78 is 5.31. The molecule has 1 aliphatic heterocycles. The van der Waals surface area contributed by atoms with Crippen molar-refractivity contribution in [1.29, 1.82) is 0 Å². The summed E-state index contributed by atoms with van der Waals surface area (Å²) in [5, 5.41) is 11.3. The zero-order valence-electron chi connectivity index (χ0n) is 13.0. The van der Waals surface area contributed by atoms with Gasteiger partial charge in [-0.2, -0.15) is 0 Å². The lowest BCUT2D eigenvalue weighted by Gasteiger charge is -2.26. The van der Waals surface area contributed by atoms with Gasteiger partial charge < -0.3 is 20.1 Å². The van der Waals surface area contributed by atoms with Crippen LogP contribution >= 0.6 is 0 Å². The van der Waals surface area contributed by atoms with Crippen molar-refractivity contribution in [3.05, 3.63) is 23.8 Å². The number of anilines is 1. The highest BCUT2D eigenvalue weighted by Gasteiger charge is 2.23. The quantitative estimate of drug-likeness (QED) is 0.563. The number of likely N-dealkylation sites (N-methyl/N-ethyl adjacent to an activating group) is 1. The second-order valence-electron chi connectivity index (χ2n) is 5.27. The van der Waals surface area contributed by atoms with Crippen LogP contribution in [0.4, 0.5) is 5.69 Å². The summed E-state index contributed by atoms with van der Waals surface area (Å²) >= 11 is 0. The highest BCUT2D eigenvalue weighted by atomic mass is 16.5. The van der Waals surface area contributed by atoms with Gasteiger partial charge in [-0.05, 0) is 24.6 Å². The van der Waals surface area contributed by atoms with E-state index >= 15 is 0 Å². The van der Waals surface area contributed by atoms with Crippen LogP contribution in [-0.2, 0) is 9.59 Å². The first-order chi connectivity index (χ1) is 11.0. The summed E-state index contributed by atoms with van der Waals surface area (Å²) in [6.07, 6.45) is 0.666. The van der Waals surface area contributed by atoms with Gasteiger partial charge in [-0.1, -0.05) is 0 Å². The van der Waals surface area contributed by atoms with Gasteiger partial charge in [0, 0.05) is 38.6 Å². The Bertz CT molecular complexity index is 614. The van der Waals surface area contributed by atoms with E-state index in [1.807, 2.05) is 0 Å². The van der Waals surface area contributed by atoms with Crippen LogP contribution in [0.2, 0.25) is 0 Å². The Hall–Kier alpha value is -2.41. The maximum absolute atomic E-state index is 12.2. The molecule has 1 aromatic rings. The molecular weight excluding hydrogens is 300 g/mol. The lowest BCUT2D eigenvalue weighted by Crippen LogP contribution is -2.35. The largest absolute Gasteiger partial charge is 0.482 e. The molecule has 0 unspecified atom stereocenters. The molecular formula is C16H20N2O5. The van der Waals surface area contributed by atoms with E-state index in [1.54, 1.807) is 25.2 Å². The van der Waals surface area contributed by atoms with Gasteiger partial charge >= 0.3 is 0 Å². The first-order valence-electron chi connectivity index (χ1n) is 7.47. The van der Waals surface area contributed by atoms with Gasteiger partial charge in [-0.15, -0.1) is 0 Å². The molecule has 0 saturated heterocycles. The normalized spacial score (nSPS) is 13.3. The number of ketones is 1. The minimum absolute atomic E-state index is 0.00912. The van der Waals surface area contributed by atoms with E-state index in [0.29, 0.717) is 30.0 Å². The molecule has 0 atom stereocenters. The zero-order chi connectivity index (χ0) is 16.8. The SMILES string of the molecule is CN1C(=O)COc2ccc(C(=O)CCC(=O)NCCCO)cc21. The van der Waals surface area contributed by atoms with Gasteiger partial charge in [-0.3, -0.25) is 14.4 Å². The molecule has 124 valence electrons. The van der Waals surface area contributed by atoms with E-state index in [0.717, 1.165) is 0 Å². The topological polar surface area (TPSA) is 95.9 Å². The Balaban J connectivity index is 1.95. The van der Waals surface area contributed by atoms with E-state index < -0.39 is 0 Å². The fraction of sp³-hybridized carbons (Fsp3) is 0.438. The number of hydrogen-bond donors (Lipinski definition) is 2. The third kappa shape index (κ3) is 4.29. The molecule has 0 radical (unpaired) electrons. The molecule has 2 N–H and O–H groups in total. The first kappa shape index (κ1) is 17.0. The van der Waals surface area contributed by atoms with Crippen LogP contribution in [0.15, 0.2) is 18.2 Å². The fourth-order valence-electron chi connectivity index (χ4n) is 2.21. The van der Waals surface area contributed by atoms with Crippen molar-refractivity contribution in [3.8, 4) is 5.75 Å². The third-order valence-corrected chi connectivity index (χ3v) is 3.60. The molecule has 0 aromatic heterocycles. The Morgan fingerprint density at radius 1 is 1.35 bits per heavy atom. The molecule has 0 spiro atoms. The van der Waals surface area contributed by atoms with Crippen LogP contribution in [0.3, 0.4) is 0 Å². The van der Waals surface area contributed by atoms with E-state index in [-0.39, 0.29) is 43.7 Å². The number of aliphatic hydroxyl groups is 1. The summed E-state index contributed by atoms with van der Waals surface area (Å²) in [6, 6.07) is 4.90. The number of carbonyl (C=O) groups is 3. The van der Waals surface area contributed by atoms with E-state index in [1.165, 1.54) is 4.90 Å². The Morgan fingerprint density at radius 3 is 2.87 bits per heavy atom. The number of benzene rings is 1. The van der Waals surface area contributed by atoms with Crippen LogP contribution in [0.1, 0.15) is 29.6 Å². The summed E-state index contributed by atoms with van der Waals surface area (Å²) in [4.78, 5) is 36.8. The number of nitrogens with one attached hydrogen (secondary N) is 1. The van der Waals surface area contributed by atoms with E-state index in [4.69, 9.17) is 9.84 Å². The van der Waals surface area contributed by atoms with Gasteiger partial charge in [-0.25, -0.2) is 0 Å². The van der Waals surface area contributed by atoms with Crippen molar-refractivity contribution in [2.75, 3.05) is 31.7 Å². The lowest BCUT2D eigenvalue weighted by molar-refractivity contribution is -0.121. The number of carbonyl (C=O) groups excluding carboxylic acids is 3. The highest BCUT2D eigenvalue weighted by molar-refractivity contribution is 6.02. The van der Waals surface area contributed by atoms with Gasteiger partial charge in [0.25, 0.3) is 5.91 Å². The summed E-state index contributed by atoms with van der Waals surface area (Å²) in [7, 11) is 1.63. The molecule has 7 heteroatoms. The number of amides is 2. The Kier molecular flexibility index (Phi) is 5.70. The number of fused-ring (bicyclic) bond motifs is 1. The molecule has 1 aliphatic rings. The number of rotatable bonds is 7. The standard InChI is InChI=1S/C16H20N2O5/c1-18-12-9-11(3-5-14(12)23-10-16(18)22)13(20)4-6-15(21)17-7-2-8-19/h3,5,9,19H,2,4,6-8,10H2,1H3,(H,17,21). The second kappa shape index (κ2) is 7.73. The molecule has 0 saturated carbocycles. The Morgan fingerprint density at radius 2 is 2.13 bits per heavy atom. The van der Waals surface area contributed by atoms with Gasteiger partial charge in [0.2, 0.25) is 5.91 Å². The molecule has 2 amide bonds. The van der Waals surface area contributed by atoms with E-state index in [2.05, 4.69) is 5.32 Å². The van der Waals surface area contributed by atoms with Crippen LogP contribution in [0.25, 0.3) is 0 Å². The molecule has 0 fully saturated rings. The van der Waals surface area contributed by atoms with E-state index in [9.17, 15) is 14.4 Å². The molecule has 1 heterocycles. The van der Waals surface area contributed by atoms with Crippen molar-refractivity contribution >= 4 is 23.3 Å². The fourth-order valence-corrected chi connectivity index (χ4v) is 2.21. The molecule has 1 aromatic carbocycles. The smallest absolute Gasteiger partial charge is 0.264 e. The van der Waals surface area contributed by atoms with Gasteiger partial charge in [0.1, 0.15) is 5.75 Å². The first-order valence-corrected chi connectivity index (χ1v) is 7.47. The number of nitrogens with zero attached hydrogens (tertiary/aromatic N) is 1. The Labute approximate surface area is 134 Å². The van der Waals surface area contributed by atoms with Crippen molar-refractivity contribution in [2.45, 2.75) is 19.3 Å². The van der Waals surface area contributed by atoms with Crippen LogP contribution in [-0.4, -0.2) is 49.5 Å². The number of ether oxygens (including phenoxy) is 1. The zero-order valence-corrected chi connectivity index (χ0v) is 13.0. The van der Waals surface area contributed by atoms with Crippen molar-refractivity contribution in [1.82, 2.24) is 5.32 Å². The monoisotopic (exact) mass is 320 g/mol. The lowest BCUT2D eigenvalue weighted by atomic mass is 10.0. The molecule has 0 bridgehead atoms. The minimum atomic E-state index is -0.222. The van der Waals surface area contributed by atoms with Gasteiger partial charge in [0.05, 0.1) is 5.69 Å². The average molecular weight is 320 g/mol. The number of Topliss-reactive ketones (excluding diaryl/α,β-unsaturated/α-hetero) is 1. The molecule has 7 nitrogen and oxygen atoms in total. The summed E-state index contributed by atoms with van der Waals surface area (Å²) in [5.41, 5.74) is 0.997. The van der Waals surface area contributed by atoms with Crippen molar-refractivity contribution < 1.29 is 24.2 Å². The summed E-state index contributed by atoms with van der Waals surface area (Å²) in [6.45, 7) is 0.403. The molecule has 23 heavy (non-hydrogen) atoms. The predicted octanol–water partition coefficient (Wildman–Crippen LogP) is 0.503. The van der Waals surface area contributed by atoms with Crippen LogP contribution in [0.5, 0.6) is 5.75 Å². The molecule has 2 rings (SSSR count). The van der Waals surface area contributed by atoms with Crippen molar-refractivity contribution in [3.63, 3.8) is 0 Å². The molecule has 0 aliphatic carbocycles. The second-order valence-corrected chi connectivity index (χ2v) is 5.27. The van der Waals surface area contributed by atoms with Crippen LogP contribution < -0.4 is 15.0 Å². The number of hydrogen-bond acceptors (Lipinski definition) is 5. The summed E-state index contributed by atoms with van der Waals surface area (Å²) in [5.74, 6) is -0.00678. The number of aliphatic hydroxyl groups excluding tert-OH is 1. The highest BCUT2D eigenvalue weighted by Crippen LogP contribution is 2.32.